The van der Waals surface area contributed by atoms with Crippen molar-refractivity contribution in [3.63, 3.8) is 0 Å². The lowest BCUT2D eigenvalue weighted by Gasteiger charge is -2.28. The van der Waals surface area contributed by atoms with Crippen LogP contribution in [0.4, 0.5) is 17.5 Å². The topological polar surface area (TPSA) is 75.2 Å². The normalized spacial score (nSPS) is 14.0. The van der Waals surface area contributed by atoms with E-state index in [1.807, 2.05) is 36.5 Å². The Bertz CT molecular complexity index is 893. The van der Waals surface area contributed by atoms with Gasteiger partial charge >= 0.3 is 0 Å². The maximum Gasteiger partial charge on any atom is 0.227 e. The minimum absolute atomic E-state index is 0.534. The Labute approximate surface area is 158 Å². The molecule has 7 heteroatoms. The molecule has 0 saturated carbocycles. The van der Waals surface area contributed by atoms with Crippen LogP contribution in [0.1, 0.15) is 0 Å². The van der Waals surface area contributed by atoms with E-state index in [4.69, 9.17) is 4.74 Å². The van der Waals surface area contributed by atoms with Crippen molar-refractivity contribution in [3.05, 3.63) is 54.9 Å². The number of anilines is 3. The number of nitrogens with one attached hydrogen (secondary N) is 2. The molecule has 138 valence electrons. The molecular weight excluding hydrogens is 340 g/mol. The molecule has 0 amide bonds. The molecule has 0 bridgehead atoms. The Morgan fingerprint density at radius 2 is 1.96 bits per heavy atom. The lowest BCUT2D eigenvalue weighted by atomic mass is 10.2. The van der Waals surface area contributed by atoms with Gasteiger partial charge in [0.05, 0.1) is 12.8 Å². The van der Waals surface area contributed by atoms with Crippen LogP contribution in [-0.2, 0) is 0 Å². The van der Waals surface area contributed by atoms with Gasteiger partial charge in [0.15, 0.2) is 0 Å². The van der Waals surface area contributed by atoms with E-state index in [2.05, 4.69) is 42.6 Å². The molecular formula is C20H22N6O. The summed E-state index contributed by atoms with van der Waals surface area (Å²) >= 11 is 0. The number of benzene rings is 1. The predicted molar refractivity (Wildman–Crippen MR) is 107 cm³/mol. The summed E-state index contributed by atoms with van der Waals surface area (Å²) in [5.41, 5.74) is 2.67. The minimum atomic E-state index is 0.534. The van der Waals surface area contributed by atoms with Gasteiger partial charge in [0, 0.05) is 55.9 Å². The summed E-state index contributed by atoms with van der Waals surface area (Å²) in [6.07, 6.45) is 3.62. The van der Waals surface area contributed by atoms with Gasteiger partial charge in [0.2, 0.25) is 5.95 Å². The summed E-state index contributed by atoms with van der Waals surface area (Å²) < 4.78 is 5.25. The molecule has 1 fully saturated rings. The zero-order valence-electron chi connectivity index (χ0n) is 15.2. The van der Waals surface area contributed by atoms with Gasteiger partial charge in [-0.1, -0.05) is 6.07 Å². The van der Waals surface area contributed by atoms with E-state index in [0.717, 1.165) is 54.7 Å². The van der Waals surface area contributed by atoms with E-state index in [1.54, 1.807) is 13.3 Å². The zero-order valence-corrected chi connectivity index (χ0v) is 15.2. The fourth-order valence-electron chi connectivity index (χ4n) is 3.03. The standard InChI is InChI=1S/C20H22N6O/c1-27-17-4-2-3-16(13-17)24-20-22-8-7-18(25-20)15-5-6-19(23-14-15)26-11-9-21-10-12-26/h2-8,13-14,21H,9-12H2,1H3,(H,22,24,25). The third-order valence-electron chi connectivity index (χ3n) is 4.47. The molecule has 0 unspecified atom stereocenters. The highest BCUT2D eigenvalue weighted by Gasteiger charge is 2.12. The molecule has 3 heterocycles. The lowest BCUT2D eigenvalue weighted by Crippen LogP contribution is -2.43. The largest absolute Gasteiger partial charge is 0.497 e. The minimum Gasteiger partial charge on any atom is -0.497 e. The second-order valence-electron chi connectivity index (χ2n) is 6.26. The highest BCUT2D eigenvalue weighted by atomic mass is 16.5. The molecule has 1 saturated heterocycles. The van der Waals surface area contributed by atoms with Crippen molar-refractivity contribution in [3.8, 4) is 17.0 Å². The first-order chi connectivity index (χ1) is 13.3. The fraction of sp³-hybridized carbons (Fsp3) is 0.250. The van der Waals surface area contributed by atoms with Gasteiger partial charge in [-0.2, -0.15) is 0 Å². The van der Waals surface area contributed by atoms with Gasteiger partial charge in [-0.05, 0) is 30.3 Å². The first kappa shape index (κ1) is 17.2. The molecule has 3 aromatic rings. The summed E-state index contributed by atoms with van der Waals surface area (Å²) in [4.78, 5) is 15.8. The van der Waals surface area contributed by atoms with Crippen LogP contribution >= 0.6 is 0 Å². The van der Waals surface area contributed by atoms with E-state index in [9.17, 15) is 0 Å². The Morgan fingerprint density at radius 3 is 2.74 bits per heavy atom. The van der Waals surface area contributed by atoms with Gasteiger partial charge in [0.1, 0.15) is 11.6 Å². The lowest BCUT2D eigenvalue weighted by molar-refractivity contribution is 0.415. The summed E-state index contributed by atoms with van der Waals surface area (Å²) in [6, 6.07) is 13.7. The number of pyridine rings is 1. The second kappa shape index (κ2) is 8.01. The quantitative estimate of drug-likeness (QED) is 0.723. The third kappa shape index (κ3) is 4.15. The summed E-state index contributed by atoms with van der Waals surface area (Å²) in [6.45, 7) is 3.95. The maximum atomic E-state index is 5.25. The van der Waals surface area contributed by atoms with Crippen LogP contribution in [0.3, 0.4) is 0 Å². The molecule has 0 spiro atoms. The monoisotopic (exact) mass is 362 g/mol. The number of aromatic nitrogens is 3. The highest BCUT2D eigenvalue weighted by Crippen LogP contribution is 2.23. The molecule has 2 aromatic heterocycles. The van der Waals surface area contributed by atoms with Crippen LogP contribution in [0, 0.1) is 0 Å². The first-order valence-electron chi connectivity index (χ1n) is 8.98. The van der Waals surface area contributed by atoms with Crippen molar-refractivity contribution in [2.75, 3.05) is 43.5 Å². The summed E-state index contributed by atoms with van der Waals surface area (Å²) in [7, 11) is 1.65. The average molecular weight is 362 g/mol. The van der Waals surface area contributed by atoms with E-state index in [0.29, 0.717) is 5.95 Å². The molecule has 1 aromatic carbocycles. The van der Waals surface area contributed by atoms with Crippen LogP contribution in [0.2, 0.25) is 0 Å². The van der Waals surface area contributed by atoms with Crippen molar-refractivity contribution >= 4 is 17.5 Å². The van der Waals surface area contributed by atoms with Gasteiger partial charge in [-0.3, -0.25) is 0 Å². The van der Waals surface area contributed by atoms with Crippen molar-refractivity contribution in [1.82, 2.24) is 20.3 Å². The molecule has 27 heavy (non-hydrogen) atoms. The van der Waals surface area contributed by atoms with Gasteiger partial charge in [-0.15, -0.1) is 0 Å². The van der Waals surface area contributed by atoms with Crippen molar-refractivity contribution in [2.24, 2.45) is 0 Å². The number of ether oxygens (including phenoxy) is 1. The van der Waals surface area contributed by atoms with Gasteiger partial charge < -0.3 is 20.3 Å². The highest BCUT2D eigenvalue weighted by molar-refractivity contribution is 5.63. The van der Waals surface area contributed by atoms with E-state index in [-0.39, 0.29) is 0 Å². The van der Waals surface area contributed by atoms with Crippen LogP contribution in [-0.4, -0.2) is 48.2 Å². The number of piperazine rings is 1. The molecule has 1 aliphatic rings. The van der Waals surface area contributed by atoms with Gasteiger partial charge in [0.25, 0.3) is 0 Å². The summed E-state index contributed by atoms with van der Waals surface area (Å²) in [5.74, 6) is 2.32. The first-order valence-corrected chi connectivity index (χ1v) is 8.98. The molecule has 0 atom stereocenters. The molecule has 7 nitrogen and oxygen atoms in total. The Balaban J connectivity index is 1.51. The molecule has 4 rings (SSSR count). The SMILES string of the molecule is COc1cccc(Nc2nccc(-c3ccc(N4CCNCC4)nc3)n2)c1. The number of hydrogen-bond donors (Lipinski definition) is 2. The second-order valence-corrected chi connectivity index (χ2v) is 6.26. The third-order valence-corrected chi connectivity index (χ3v) is 4.47. The Hall–Kier alpha value is -3.19. The maximum absolute atomic E-state index is 5.25. The smallest absolute Gasteiger partial charge is 0.227 e. The molecule has 0 aliphatic carbocycles. The van der Waals surface area contributed by atoms with Gasteiger partial charge in [-0.25, -0.2) is 15.0 Å². The van der Waals surface area contributed by atoms with Crippen LogP contribution in [0.5, 0.6) is 5.75 Å². The Morgan fingerprint density at radius 1 is 1.07 bits per heavy atom. The summed E-state index contributed by atoms with van der Waals surface area (Å²) in [5, 5.41) is 6.57. The Kier molecular flexibility index (Phi) is 5.11. The number of methoxy groups -OCH3 is 1. The van der Waals surface area contributed by atoms with Crippen LogP contribution < -0.4 is 20.3 Å². The zero-order chi connectivity index (χ0) is 18.5. The predicted octanol–water partition coefficient (Wildman–Crippen LogP) is 2.70. The number of hydrogen-bond acceptors (Lipinski definition) is 7. The van der Waals surface area contributed by atoms with E-state index < -0.39 is 0 Å². The molecule has 2 N–H and O–H groups in total. The average Bonchev–Trinajstić information content (AvgIpc) is 2.75. The molecule has 1 aliphatic heterocycles. The van der Waals surface area contributed by atoms with Crippen LogP contribution in [0.15, 0.2) is 54.9 Å². The molecule has 0 radical (unpaired) electrons. The van der Waals surface area contributed by atoms with E-state index >= 15 is 0 Å². The van der Waals surface area contributed by atoms with Crippen molar-refractivity contribution in [2.45, 2.75) is 0 Å². The number of rotatable bonds is 5. The fourth-order valence-corrected chi connectivity index (χ4v) is 3.03. The van der Waals surface area contributed by atoms with Crippen molar-refractivity contribution < 1.29 is 4.74 Å². The number of nitrogens with zero attached hydrogens (tertiary/aromatic N) is 4. The van der Waals surface area contributed by atoms with Crippen LogP contribution in [0.25, 0.3) is 11.3 Å². The van der Waals surface area contributed by atoms with E-state index in [1.165, 1.54) is 0 Å². The van der Waals surface area contributed by atoms with Crippen molar-refractivity contribution in [1.29, 1.82) is 0 Å².